The molecule has 0 amide bonds. The maximum absolute atomic E-state index is 8.78. The molecule has 0 bridgehead atoms. The van der Waals surface area contributed by atoms with Gasteiger partial charge in [-0.2, -0.15) is 0 Å². The van der Waals surface area contributed by atoms with E-state index >= 15 is 0 Å². The number of fused-ring (bicyclic) bond motifs is 1. The molecule has 0 saturated heterocycles. The van der Waals surface area contributed by atoms with Crippen molar-refractivity contribution >= 4 is 22.2 Å². The highest BCUT2D eigenvalue weighted by Crippen LogP contribution is 2.13. The van der Waals surface area contributed by atoms with Gasteiger partial charge in [0.05, 0.1) is 5.52 Å². The monoisotopic (exact) mass is 238 g/mol. The Morgan fingerprint density at radius 2 is 1.81 bits per heavy atom. The molecule has 0 fully saturated rings. The fraction of sp³-hybridized carbons (Fsp3) is 0.200. The van der Waals surface area contributed by atoms with Crippen molar-refractivity contribution in [3.8, 4) is 0 Å². The highest BCUT2D eigenvalue weighted by molar-refractivity contribution is 7.76. The van der Waals surface area contributed by atoms with E-state index in [1.54, 1.807) is 0 Å². The van der Waals surface area contributed by atoms with Gasteiger partial charge in [-0.3, -0.25) is 9.35 Å². The third kappa shape index (κ3) is 3.65. The smallest absolute Gasteiger partial charge is 0.126 e. The van der Waals surface area contributed by atoms with Crippen LogP contribution in [0.4, 0.5) is 0 Å². The summed E-state index contributed by atoms with van der Waals surface area (Å²) in [6.07, 6.45) is 0. The highest BCUT2D eigenvalue weighted by Gasteiger charge is 1.98. The van der Waals surface area contributed by atoms with Gasteiger partial charge in [-0.05, 0) is 19.9 Å². The van der Waals surface area contributed by atoms with E-state index in [0.717, 1.165) is 22.4 Å². The Balaban J connectivity index is 0.000000280. The van der Waals surface area contributed by atoms with E-state index in [2.05, 4.69) is 15.1 Å². The average molecular weight is 238 g/mol. The van der Waals surface area contributed by atoms with Crippen molar-refractivity contribution in [3.05, 3.63) is 35.8 Å². The largest absolute Gasteiger partial charge is 0.760 e. The molecule has 1 unspecified atom stereocenters. The molecule has 0 aliphatic heterocycles. The van der Waals surface area contributed by atoms with Gasteiger partial charge in [0.1, 0.15) is 5.82 Å². The molecule has 0 radical (unpaired) electrons. The Labute approximate surface area is 96.1 Å². The maximum atomic E-state index is 8.78. The molecule has 1 heterocycles. The van der Waals surface area contributed by atoms with Crippen molar-refractivity contribution < 1.29 is 8.76 Å². The van der Waals surface area contributed by atoms with Crippen LogP contribution in [-0.2, 0) is 11.3 Å². The lowest BCUT2D eigenvalue weighted by Gasteiger charge is -2.00. The van der Waals surface area contributed by atoms with Gasteiger partial charge in [-0.15, -0.1) is 0 Å². The molecule has 2 N–H and O–H groups in total. The summed E-state index contributed by atoms with van der Waals surface area (Å²) in [6, 6.07) is 8.06. The van der Waals surface area contributed by atoms with Crippen LogP contribution in [0.15, 0.2) is 24.3 Å². The van der Waals surface area contributed by atoms with Gasteiger partial charge in [0, 0.05) is 22.3 Å². The van der Waals surface area contributed by atoms with Crippen molar-refractivity contribution in [3.63, 3.8) is 0 Å². The minimum Gasteiger partial charge on any atom is -0.760 e. The summed E-state index contributed by atoms with van der Waals surface area (Å²) in [7, 11) is 0. The Morgan fingerprint density at radius 3 is 2.44 bits per heavy atom. The molecule has 0 spiro atoms. The van der Waals surface area contributed by atoms with Crippen LogP contribution >= 0.6 is 0 Å². The second-order valence-corrected chi connectivity index (χ2v) is 3.65. The summed E-state index contributed by atoms with van der Waals surface area (Å²) >= 11 is -2.36. The third-order valence-corrected chi connectivity index (χ3v) is 1.91. The van der Waals surface area contributed by atoms with Crippen molar-refractivity contribution in [2.45, 2.75) is 13.8 Å². The molecule has 86 valence electrons. The van der Waals surface area contributed by atoms with E-state index < -0.39 is 11.3 Å². The van der Waals surface area contributed by atoms with E-state index in [9.17, 15) is 0 Å². The van der Waals surface area contributed by atoms with Gasteiger partial charge in [0.15, 0.2) is 0 Å². The van der Waals surface area contributed by atoms with Crippen LogP contribution in [0.3, 0.4) is 0 Å². The number of para-hydroxylation sites is 1. The van der Waals surface area contributed by atoms with Gasteiger partial charge < -0.3 is 4.55 Å². The van der Waals surface area contributed by atoms with Crippen LogP contribution in [0.25, 0.3) is 10.9 Å². The number of nitrogens with two attached hydrogens (primary N) is 1. The molecular formula is C10H12N3O2S-. The fourth-order valence-electron chi connectivity index (χ4n) is 1.38. The lowest BCUT2D eigenvalue weighted by atomic mass is 10.2. The van der Waals surface area contributed by atoms with Crippen LogP contribution in [-0.4, -0.2) is 18.7 Å². The fourth-order valence-corrected chi connectivity index (χ4v) is 1.38. The van der Waals surface area contributed by atoms with Gasteiger partial charge in [-0.25, -0.2) is 9.97 Å². The predicted octanol–water partition coefficient (Wildman–Crippen LogP) is 0.986. The van der Waals surface area contributed by atoms with Gasteiger partial charge in [0.25, 0.3) is 0 Å². The van der Waals surface area contributed by atoms with Gasteiger partial charge >= 0.3 is 0 Å². The highest BCUT2D eigenvalue weighted by atomic mass is 32.2. The number of hydrogen-bond acceptors (Lipinski definition) is 4. The molecule has 0 aliphatic rings. The van der Waals surface area contributed by atoms with Crippen LogP contribution in [0.1, 0.15) is 11.5 Å². The molecule has 0 aliphatic carbocycles. The second kappa shape index (κ2) is 5.64. The van der Waals surface area contributed by atoms with Gasteiger partial charge in [-0.1, -0.05) is 18.2 Å². The van der Waals surface area contributed by atoms with Crippen molar-refractivity contribution in [2.24, 2.45) is 5.14 Å². The Kier molecular flexibility index (Phi) is 4.48. The first kappa shape index (κ1) is 12.7. The molecule has 1 aromatic heterocycles. The molecular weight excluding hydrogens is 226 g/mol. The lowest BCUT2D eigenvalue weighted by molar-refractivity contribution is 0.539. The Hall–Kier alpha value is -1.37. The summed E-state index contributed by atoms with van der Waals surface area (Å²) in [6.45, 7) is 3.93. The maximum Gasteiger partial charge on any atom is 0.126 e. The van der Waals surface area contributed by atoms with Gasteiger partial charge in [0.2, 0.25) is 0 Å². The first-order chi connectivity index (χ1) is 7.50. The number of hydrogen-bond donors (Lipinski definition) is 1. The quantitative estimate of drug-likeness (QED) is 0.692. The summed E-state index contributed by atoms with van der Waals surface area (Å²) in [4.78, 5) is 8.62. The molecule has 2 aromatic rings. The number of rotatable bonds is 0. The van der Waals surface area contributed by atoms with Crippen LogP contribution < -0.4 is 5.14 Å². The zero-order valence-electron chi connectivity index (χ0n) is 9.01. The zero-order chi connectivity index (χ0) is 12.1. The minimum absolute atomic E-state index is 0.839. The summed E-state index contributed by atoms with van der Waals surface area (Å²) in [5.74, 6) is 0.839. The van der Waals surface area contributed by atoms with E-state index in [1.807, 2.05) is 38.1 Å². The topological polar surface area (TPSA) is 91.9 Å². The number of aryl methyl sites for hydroxylation is 2. The van der Waals surface area contributed by atoms with Crippen molar-refractivity contribution in [1.29, 1.82) is 0 Å². The van der Waals surface area contributed by atoms with E-state index in [0.29, 0.717) is 0 Å². The standard InChI is InChI=1S/C10H10N2.H3NO2S/c1-7-9-5-3-4-6-10(9)12-8(2)11-7;1-4(2)3/h3-6H,1-2H3;1H2,(H,2,3)/p-1. The Morgan fingerprint density at radius 1 is 1.25 bits per heavy atom. The van der Waals surface area contributed by atoms with E-state index in [4.69, 9.17) is 8.76 Å². The first-order valence-electron chi connectivity index (χ1n) is 4.54. The van der Waals surface area contributed by atoms with Crippen molar-refractivity contribution in [1.82, 2.24) is 9.97 Å². The minimum atomic E-state index is -2.36. The third-order valence-electron chi connectivity index (χ3n) is 1.91. The summed E-state index contributed by atoms with van der Waals surface area (Å²) < 4.78 is 17.6. The lowest BCUT2D eigenvalue weighted by Crippen LogP contribution is -1.97. The predicted molar refractivity (Wildman–Crippen MR) is 62.1 cm³/mol. The SMILES string of the molecule is Cc1nc(C)c2ccccc2n1.NS(=O)[O-]. The second-order valence-electron chi connectivity index (χ2n) is 3.13. The molecule has 0 saturated carbocycles. The molecule has 16 heavy (non-hydrogen) atoms. The molecule has 1 aromatic carbocycles. The normalized spacial score (nSPS) is 11.8. The molecule has 6 heteroatoms. The summed E-state index contributed by atoms with van der Waals surface area (Å²) in [5.41, 5.74) is 2.08. The molecule has 1 atom stereocenters. The molecule has 2 rings (SSSR count). The van der Waals surface area contributed by atoms with E-state index in [-0.39, 0.29) is 0 Å². The van der Waals surface area contributed by atoms with Crippen LogP contribution in [0, 0.1) is 13.8 Å². The number of benzene rings is 1. The van der Waals surface area contributed by atoms with Crippen molar-refractivity contribution in [2.75, 3.05) is 0 Å². The van der Waals surface area contributed by atoms with E-state index in [1.165, 1.54) is 0 Å². The Bertz CT molecular complexity index is 512. The zero-order valence-corrected chi connectivity index (χ0v) is 9.82. The summed E-state index contributed by atoms with van der Waals surface area (Å²) in [5, 5.41) is 5.17. The first-order valence-corrected chi connectivity index (χ1v) is 5.68. The van der Waals surface area contributed by atoms with Crippen LogP contribution in [0.2, 0.25) is 0 Å². The van der Waals surface area contributed by atoms with Crippen LogP contribution in [0.5, 0.6) is 0 Å². The number of aromatic nitrogens is 2. The average Bonchev–Trinajstić information content (AvgIpc) is 2.16. The number of nitrogens with zero attached hydrogens (tertiary/aromatic N) is 2. The molecule has 5 nitrogen and oxygen atoms in total.